The number of rotatable bonds is 1. The number of nitrogens with one attached hydrogen (secondary N) is 1. The Balaban J connectivity index is 2.75. The van der Waals surface area contributed by atoms with Crippen molar-refractivity contribution in [3.05, 3.63) is 24.3 Å². The standard InChI is InChI=1S/C7H7FN2O2/c1-12-7(11)10-6-2-3-9-4-5(6)8/h2-4H,1H3,(H,9,10,11). The predicted octanol–water partition coefficient (Wildman–Crippen LogP) is 1.40. The normalized spacial score (nSPS) is 9.17. The summed E-state index contributed by atoms with van der Waals surface area (Å²) < 4.78 is 17.0. The Labute approximate surface area is 68.4 Å². The Kier molecular flexibility index (Phi) is 2.57. The molecule has 5 heteroatoms. The van der Waals surface area contributed by atoms with E-state index in [1.54, 1.807) is 0 Å². The van der Waals surface area contributed by atoms with Crippen LogP contribution in [-0.2, 0) is 4.74 Å². The van der Waals surface area contributed by atoms with Crippen molar-refractivity contribution in [2.45, 2.75) is 0 Å². The van der Waals surface area contributed by atoms with Crippen LogP contribution in [0.2, 0.25) is 0 Å². The number of hydrogen-bond acceptors (Lipinski definition) is 3. The molecular formula is C7H7FN2O2. The summed E-state index contributed by atoms with van der Waals surface area (Å²) >= 11 is 0. The summed E-state index contributed by atoms with van der Waals surface area (Å²) in [6.07, 6.45) is 1.67. The highest BCUT2D eigenvalue weighted by atomic mass is 19.1. The van der Waals surface area contributed by atoms with Gasteiger partial charge in [0.25, 0.3) is 0 Å². The van der Waals surface area contributed by atoms with E-state index in [1.165, 1.54) is 19.4 Å². The molecule has 0 fully saturated rings. The second kappa shape index (κ2) is 3.66. The van der Waals surface area contributed by atoms with Gasteiger partial charge >= 0.3 is 6.09 Å². The zero-order valence-electron chi connectivity index (χ0n) is 6.37. The third kappa shape index (κ3) is 1.91. The van der Waals surface area contributed by atoms with Crippen molar-refractivity contribution in [1.29, 1.82) is 0 Å². The minimum atomic E-state index is -0.708. The van der Waals surface area contributed by atoms with Crippen LogP contribution in [0.4, 0.5) is 14.9 Å². The van der Waals surface area contributed by atoms with E-state index in [9.17, 15) is 9.18 Å². The zero-order chi connectivity index (χ0) is 8.97. The summed E-state index contributed by atoms with van der Waals surface area (Å²) in [6, 6.07) is 1.34. The van der Waals surface area contributed by atoms with Gasteiger partial charge in [-0.1, -0.05) is 0 Å². The molecule has 1 aromatic heterocycles. The van der Waals surface area contributed by atoms with Gasteiger partial charge in [0.2, 0.25) is 0 Å². The van der Waals surface area contributed by atoms with Crippen molar-refractivity contribution in [2.24, 2.45) is 0 Å². The molecule has 0 bridgehead atoms. The molecule has 12 heavy (non-hydrogen) atoms. The largest absolute Gasteiger partial charge is 0.453 e. The second-order valence-electron chi connectivity index (χ2n) is 1.97. The fourth-order valence-electron chi connectivity index (χ4n) is 0.638. The third-order valence-electron chi connectivity index (χ3n) is 1.19. The first kappa shape index (κ1) is 8.45. The Morgan fingerprint density at radius 1 is 1.75 bits per heavy atom. The molecule has 1 aromatic rings. The molecule has 0 unspecified atom stereocenters. The molecule has 0 aliphatic carbocycles. The van der Waals surface area contributed by atoms with E-state index < -0.39 is 11.9 Å². The number of amides is 1. The van der Waals surface area contributed by atoms with Gasteiger partial charge in [-0.05, 0) is 6.07 Å². The van der Waals surface area contributed by atoms with Gasteiger partial charge in [-0.3, -0.25) is 10.3 Å². The lowest BCUT2D eigenvalue weighted by Gasteiger charge is -2.02. The molecule has 0 spiro atoms. The van der Waals surface area contributed by atoms with Crippen LogP contribution >= 0.6 is 0 Å². The first-order valence-corrected chi connectivity index (χ1v) is 3.18. The molecule has 0 atom stereocenters. The molecule has 0 aliphatic heterocycles. The van der Waals surface area contributed by atoms with Crippen LogP contribution in [0.3, 0.4) is 0 Å². The monoisotopic (exact) mass is 170 g/mol. The average molecular weight is 170 g/mol. The van der Waals surface area contributed by atoms with Gasteiger partial charge in [-0.25, -0.2) is 9.18 Å². The van der Waals surface area contributed by atoms with Gasteiger partial charge in [0, 0.05) is 6.20 Å². The van der Waals surface area contributed by atoms with Gasteiger partial charge in [0.1, 0.15) is 0 Å². The van der Waals surface area contributed by atoms with Crippen molar-refractivity contribution in [1.82, 2.24) is 4.98 Å². The Hall–Kier alpha value is -1.65. The summed E-state index contributed by atoms with van der Waals surface area (Å²) in [5, 5.41) is 2.18. The number of ether oxygens (including phenoxy) is 1. The van der Waals surface area contributed by atoms with E-state index in [0.717, 1.165) is 6.20 Å². The predicted molar refractivity (Wildman–Crippen MR) is 40.2 cm³/mol. The van der Waals surface area contributed by atoms with Crippen LogP contribution in [0.25, 0.3) is 0 Å². The van der Waals surface area contributed by atoms with Crippen LogP contribution in [-0.4, -0.2) is 18.2 Å². The van der Waals surface area contributed by atoms with E-state index in [-0.39, 0.29) is 5.69 Å². The average Bonchev–Trinajstić information content (AvgIpc) is 2.09. The quantitative estimate of drug-likeness (QED) is 0.693. The Morgan fingerprint density at radius 2 is 2.50 bits per heavy atom. The number of aromatic nitrogens is 1. The number of carbonyl (C=O) groups excluding carboxylic acids is 1. The molecular weight excluding hydrogens is 163 g/mol. The van der Waals surface area contributed by atoms with Gasteiger partial charge in [0.05, 0.1) is 19.0 Å². The molecule has 1 heterocycles. The van der Waals surface area contributed by atoms with Crippen molar-refractivity contribution < 1.29 is 13.9 Å². The highest BCUT2D eigenvalue weighted by Gasteiger charge is 2.04. The van der Waals surface area contributed by atoms with Crippen molar-refractivity contribution in [3.63, 3.8) is 0 Å². The van der Waals surface area contributed by atoms with Gasteiger partial charge in [-0.15, -0.1) is 0 Å². The molecule has 0 aromatic carbocycles. The Bertz CT molecular complexity index is 290. The number of pyridine rings is 1. The molecule has 1 rings (SSSR count). The maximum Gasteiger partial charge on any atom is 0.411 e. The lowest BCUT2D eigenvalue weighted by molar-refractivity contribution is 0.187. The summed E-state index contributed by atoms with van der Waals surface area (Å²) in [4.78, 5) is 14.1. The van der Waals surface area contributed by atoms with E-state index >= 15 is 0 Å². The first-order chi connectivity index (χ1) is 5.74. The SMILES string of the molecule is COC(=O)Nc1ccncc1F. The van der Waals surface area contributed by atoms with Crippen molar-refractivity contribution >= 4 is 11.8 Å². The smallest absolute Gasteiger partial charge is 0.411 e. The second-order valence-corrected chi connectivity index (χ2v) is 1.97. The summed E-state index contributed by atoms with van der Waals surface area (Å²) in [5.74, 6) is -0.595. The summed E-state index contributed by atoms with van der Waals surface area (Å²) in [6.45, 7) is 0. The van der Waals surface area contributed by atoms with Crippen LogP contribution in [0, 0.1) is 5.82 Å². The fraction of sp³-hybridized carbons (Fsp3) is 0.143. The number of nitrogens with zero attached hydrogens (tertiary/aromatic N) is 1. The molecule has 1 N–H and O–H groups in total. The van der Waals surface area contributed by atoms with E-state index in [1.807, 2.05) is 0 Å². The topological polar surface area (TPSA) is 51.2 Å². The summed E-state index contributed by atoms with van der Waals surface area (Å²) in [5.41, 5.74) is 0.0526. The molecule has 0 aliphatic rings. The first-order valence-electron chi connectivity index (χ1n) is 3.18. The summed E-state index contributed by atoms with van der Waals surface area (Å²) in [7, 11) is 1.20. The molecule has 0 saturated carbocycles. The van der Waals surface area contributed by atoms with Crippen LogP contribution in [0.5, 0.6) is 0 Å². The Morgan fingerprint density at radius 3 is 3.08 bits per heavy atom. The van der Waals surface area contributed by atoms with Gasteiger partial charge in [0.15, 0.2) is 5.82 Å². The van der Waals surface area contributed by atoms with E-state index in [2.05, 4.69) is 15.0 Å². The lowest BCUT2D eigenvalue weighted by atomic mass is 10.4. The number of hydrogen-bond donors (Lipinski definition) is 1. The highest BCUT2D eigenvalue weighted by Crippen LogP contribution is 2.10. The number of methoxy groups -OCH3 is 1. The highest BCUT2D eigenvalue weighted by molar-refractivity contribution is 5.84. The van der Waals surface area contributed by atoms with Crippen LogP contribution in [0.1, 0.15) is 0 Å². The van der Waals surface area contributed by atoms with Crippen molar-refractivity contribution in [2.75, 3.05) is 12.4 Å². The minimum Gasteiger partial charge on any atom is -0.453 e. The molecule has 0 saturated heterocycles. The maximum absolute atomic E-state index is 12.8. The van der Waals surface area contributed by atoms with Crippen molar-refractivity contribution in [3.8, 4) is 0 Å². The third-order valence-corrected chi connectivity index (χ3v) is 1.19. The fourth-order valence-corrected chi connectivity index (χ4v) is 0.638. The molecule has 0 radical (unpaired) electrons. The van der Waals surface area contributed by atoms with Crippen LogP contribution < -0.4 is 5.32 Å². The van der Waals surface area contributed by atoms with E-state index in [0.29, 0.717) is 0 Å². The molecule has 1 amide bonds. The van der Waals surface area contributed by atoms with Gasteiger partial charge < -0.3 is 4.74 Å². The van der Waals surface area contributed by atoms with E-state index in [4.69, 9.17) is 0 Å². The van der Waals surface area contributed by atoms with Gasteiger partial charge in [-0.2, -0.15) is 0 Å². The molecule has 64 valence electrons. The lowest BCUT2D eigenvalue weighted by Crippen LogP contribution is -2.12. The number of halogens is 1. The maximum atomic E-state index is 12.8. The minimum absolute atomic E-state index is 0.0526. The zero-order valence-corrected chi connectivity index (χ0v) is 6.37. The van der Waals surface area contributed by atoms with Crippen LogP contribution in [0.15, 0.2) is 18.5 Å². The number of carbonyl (C=O) groups is 1. The number of anilines is 1. The molecule has 4 nitrogen and oxygen atoms in total.